The average Bonchev–Trinajstić information content (AvgIpc) is 3.42. The third-order valence-corrected chi connectivity index (χ3v) is 7.55. The second kappa shape index (κ2) is 10.5. The summed E-state index contributed by atoms with van der Waals surface area (Å²) in [4.78, 5) is 12.5. The standard InChI is InChI=1S/C29H37N3O2/c1-6-23-24-11-10-22(18-26(24)31-27(23)19-29(7-2,8-3)9-4)33-17-14-25-20(5)34-28(32-25)21-12-15-30-16-13-21/h10-13,15-16,18,31H,6-9,14,17,19H2,1-5H3. The summed E-state index contributed by atoms with van der Waals surface area (Å²) in [6, 6.07) is 10.2. The molecule has 5 heteroatoms. The summed E-state index contributed by atoms with van der Waals surface area (Å²) in [7, 11) is 0. The Morgan fingerprint density at radius 1 is 1.00 bits per heavy atom. The molecular formula is C29H37N3O2. The molecule has 0 amide bonds. The Labute approximate surface area is 203 Å². The highest BCUT2D eigenvalue weighted by Crippen LogP contribution is 2.37. The van der Waals surface area contributed by atoms with E-state index >= 15 is 0 Å². The van der Waals surface area contributed by atoms with Crippen LogP contribution in [0.15, 0.2) is 47.1 Å². The van der Waals surface area contributed by atoms with Gasteiger partial charge in [-0.3, -0.25) is 4.98 Å². The number of rotatable bonds is 11. The lowest BCUT2D eigenvalue weighted by atomic mass is 9.75. The number of benzene rings is 1. The van der Waals surface area contributed by atoms with Gasteiger partial charge in [-0.25, -0.2) is 4.98 Å². The summed E-state index contributed by atoms with van der Waals surface area (Å²) >= 11 is 0. The van der Waals surface area contributed by atoms with Gasteiger partial charge in [0, 0.05) is 47.0 Å². The van der Waals surface area contributed by atoms with Crippen molar-refractivity contribution in [2.75, 3.05) is 6.61 Å². The van der Waals surface area contributed by atoms with E-state index in [0.29, 0.717) is 24.3 Å². The first kappa shape index (κ1) is 24.1. The molecule has 1 N–H and O–H groups in total. The normalized spacial score (nSPS) is 11.9. The number of oxazole rings is 1. The van der Waals surface area contributed by atoms with Gasteiger partial charge < -0.3 is 14.1 Å². The van der Waals surface area contributed by atoms with Crippen LogP contribution in [-0.4, -0.2) is 21.6 Å². The summed E-state index contributed by atoms with van der Waals surface area (Å²) in [5.74, 6) is 2.34. The van der Waals surface area contributed by atoms with E-state index in [9.17, 15) is 0 Å². The summed E-state index contributed by atoms with van der Waals surface area (Å²) in [6.45, 7) is 11.7. The lowest BCUT2D eigenvalue weighted by Crippen LogP contribution is -2.21. The molecule has 180 valence electrons. The highest BCUT2D eigenvalue weighted by molar-refractivity contribution is 5.86. The average molecular weight is 460 g/mol. The van der Waals surface area contributed by atoms with Crippen LogP contribution in [0.4, 0.5) is 0 Å². The summed E-state index contributed by atoms with van der Waals surface area (Å²) < 4.78 is 12.0. The van der Waals surface area contributed by atoms with Crippen molar-refractivity contribution in [1.82, 2.24) is 15.0 Å². The zero-order valence-corrected chi connectivity index (χ0v) is 21.2. The molecule has 34 heavy (non-hydrogen) atoms. The maximum Gasteiger partial charge on any atom is 0.226 e. The molecular weight excluding hydrogens is 422 g/mol. The zero-order valence-electron chi connectivity index (χ0n) is 21.2. The lowest BCUT2D eigenvalue weighted by molar-refractivity contribution is 0.246. The monoisotopic (exact) mass is 459 g/mol. The second-order valence-corrected chi connectivity index (χ2v) is 9.24. The fourth-order valence-electron chi connectivity index (χ4n) is 4.98. The van der Waals surface area contributed by atoms with Crippen LogP contribution in [0.2, 0.25) is 0 Å². The first-order valence-corrected chi connectivity index (χ1v) is 12.7. The van der Waals surface area contributed by atoms with E-state index in [2.05, 4.69) is 60.8 Å². The fourth-order valence-corrected chi connectivity index (χ4v) is 4.98. The number of fused-ring (bicyclic) bond motifs is 1. The summed E-state index contributed by atoms with van der Waals surface area (Å²) in [5.41, 5.74) is 6.24. The molecule has 0 spiro atoms. The van der Waals surface area contributed by atoms with Crippen molar-refractivity contribution in [3.05, 3.63) is 65.4 Å². The number of aromatic amines is 1. The van der Waals surface area contributed by atoms with E-state index in [-0.39, 0.29) is 0 Å². The van der Waals surface area contributed by atoms with E-state index in [1.54, 1.807) is 12.4 Å². The minimum absolute atomic E-state index is 0.370. The van der Waals surface area contributed by atoms with Gasteiger partial charge in [0.25, 0.3) is 0 Å². The number of hydrogen-bond acceptors (Lipinski definition) is 4. The number of nitrogens with one attached hydrogen (secondary N) is 1. The van der Waals surface area contributed by atoms with E-state index < -0.39 is 0 Å². The van der Waals surface area contributed by atoms with E-state index in [1.165, 1.54) is 41.4 Å². The minimum Gasteiger partial charge on any atom is -0.493 e. The maximum atomic E-state index is 6.12. The van der Waals surface area contributed by atoms with Gasteiger partial charge in [-0.15, -0.1) is 0 Å². The molecule has 3 heterocycles. The zero-order chi connectivity index (χ0) is 24.1. The van der Waals surface area contributed by atoms with Crippen LogP contribution in [0, 0.1) is 12.3 Å². The molecule has 4 rings (SSSR count). The SMILES string of the molecule is CCc1c(CC(CC)(CC)CC)[nH]c2cc(OCCc3nc(-c4ccncc4)oc3C)ccc12. The molecule has 0 fully saturated rings. The lowest BCUT2D eigenvalue weighted by Gasteiger charge is -2.30. The Balaban J connectivity index is 1.47. The number of hydrogen-bond donors (Lipinski definition) is 1. The van der Waals surface area contributed by atoms with Crippen molar-refractivity contribution >= 4 is 10.9 Å². The van der Waals surface area contributed by atoms with Crippen LogP contribution >= 0.6 is 0 Å². The van der Waals surface area contributed by atoms with Gasteiger partial charge in [0.1, 0.15) is 11.5 Å². The highest BCUT2D eigenvalue weighted by atomic mass is 16.5. The third kappa shape index (κ3) is 4.89. The minimum atomic E-state index is 0.370. The van der Waals surface area contributed by atoms with E-state index in [4.69, 9.17) is 9.15 Å². The van der Waals surface area contributed by atoms with E-state index in [1.807, 2.05) is 19.1 Å². The van der Waals surface area contributed by atoms with Crippen molar-refractivity contribution in [3.63, 3.8) is 0 Å². The predicted molar refractivity (Wildman–Crippen MR) is 138 cm³/mol. The van der Waals surface area contributed by atoms with Crippen LogP contribution in [0.5, 0.6) is 5.75 Å². The first-order valence-electron chi connectivity index (χ1n) is 12.7. The van der Waals surface area contributed by atoms with Gasteiger partial charge >= 0.3 is 0 Å². The largest absolute Gasteiger partial charge is 0.493 e. The topological polar surface area (TPSA) is 63.9 Å². The Bertz CT molecular complexity index is 1210. The second-order valence-electron chi connectivity index (χ2n) is 9.24. The Morgan fingerprint density at radius 2 is 1.74 bits per heavy atom. The summed E-state index contributed by atoms with van der Waals surface area (Å²) in [5, 5.41) is 1.32. The molecule has 1 aromatic carbocycles. The molecule has 0 atom stereocenters. The highest BCUT2D eigenvalue weighted by Gasteiger charge is 2.26. The molecule has 0 saturated heterocycles. The number of aryl methyl sites for hydroxylation is 2. The first-order chi connectivity index (χ1) is 16.5. The van der Waals surface area contributed by atoms with Crippen molar-refractivity contribution in [2.24, 2.45) is 5.41 Å². The van der Waals surface area contributed by atoms with Crippen molar-refractivity contribution < 1.29 is 9.15 Å². The van der Waals surface area contributed by atoms with Gasteiger partial charge in [0.05, 0.1) is 12.3 Å². The van der Waals surface area contributed by atoms with Gasteiger partial charge in [-0.05, 0) is 55.0 Å². The molecule has 0 aliphatic heterocycles. The fraction of sp³-hybridized carbons (Fsp3) is 0.448. The number of aromatic nitrogens is 3. The van der Waals surface area contributed by atoms with Crippen molar-refractivity contribution in [2.45, 2.75) is 73.1 Å². The quantitative estimate of drug-likeness (QED) is 0.253. The number of pyridine rings is 1. The van der Waals surface area contributed by atoms with E-state index in [0.717, 1.165) is 35.6 Å². The van der Waals surface area contributed by atoms with Crippen LogP contribution in [0.3, 0.4) is 0 Å². The van der Waals surface area contributed by atoms with Crippen LogP contribution in [0.1, 0.15) is 69.7 Å². The molecule has 4 aromatic rings. The molecule has 0 aliphatic carbocycles. The van der Waals surface area contributed by atoms with Gasteiger partial charge in [0.15, 0.2) is 0 Å². The smallest absolute Gasteiger partial charge is 0.226 e. The maximum absolute atomic E-state index is 6.12. The van der Waals surface area contributed by atoms with Crippen molar-refractivity contribution in [3.8, 4) is 17.2 Å². The third-order valence-electron chi connectivity index (χ3n) is 7.55. The van der Waals surface area contributed by atoms with Crippen LogP contribution in [0.25, 0.3) is 22.4 Å². The molecule has 0 bridgehead atoms. The number of nitrogens with zero attached hydrogens (tertiary/aromatic N) is 2. The molecule has 0 unspecified atom stereocenters. The Hall–Kier alpha value is -3.08. The van der Waals surface area contributed by atoms with Gasteiger partial charge in [0.2, 0.25) is 5.89 Å². The molecule has 3 aromatic heterocycles. The molecule has 0 radical (unpaired) electrons. The molecule has 0 aliphatic rings. The molecule has 0 saturated carbocycles. The predicted octanol–water partition coefficient (Wildman–Crippen LogP) is 7.47. The van der Waals surface area contributed by atoms with Crippen LogP contribution < -0.4 is 4.74 Å². The summed E-state index contributed by atoms with van der Waals surface area (Å²) in [6.07, 6.45) is 9.95. The van der Waals surface area contributed by atoms with Crippen molar-refractivity contribution in [1.29, 1.82) is 0 Å². The number of ether oxygens (including phenoxy) is 1. The van der Waals surface area contributed by atoms with Gasteiger partial charge in [-0.1, -0.05) is 47.0 Å². The Morgan fingerprint density at radius 3 is 2.41 bits per heavy atom. The van der Waals surface area contributed by atoms with Crippen LogP contribution in [-0.2, 0) is 19.3 Å². The number of H-pyrrole nitrogens is 1. The van der Waals surface area contributed by atoms with Gasteiger partial charge in [-0.2, -0.15) is 0 Å². The Kier molecular flexibility index (Phi) is 7.40. The molecule has 5 nitrogen and oxygen atoms in total.